The van der Waals surface area contributed by atoms with E-state index in [1.54, 1.807) is 21.9 Å². The molecule has 0 unspecified atom stereocenters. The van der Waals surface area contributed by atoms with E-state index < -0.39 is 0 Å². The molecule has 1 N–H and O–H groups in total. The topological polar surface area (TPSA) is 91.6 Å². The molecule has 27 heavy (non-hydrogen) atoms. The molecule has 1 aliphatic rings. The number of nitrogens with one attached hydrogen (secondary N) is 1. The number of carbonyl (C=O) groups excluding carboxylic acids is 2. The van der Waals surface area contributed by atoms with E-state index in [4.69, 9.17) is 4.42 Å². The number of rotatable bonds is 8. The molecule has 0 aromatic carbocycles. The summed E-state index contributed by atoms with van der Waals surface area (Å²) in [6.45, 7) is 5.12. The molecule has 1 fully saturated rings. The number of hydrogen-bond donors (Lipinski definition) is 1. The number of amides is 2. The normalized spacial score (nSPS) is 14.4. The van der Waals surface area contributed by atoms with Crippen LogP contribution in [0.4, 0.5) is 5.13 Å². The average Bonchev–Trinajstić information content (AvgIpc) is 3.38. The molecule has 10 heteroatoms. The van der Waals surface area contributed by atoms with Crippen molar-refractivity contribution in [2.75, 3.05) is 43.8 Å². The third-order valence-electron chi connectivity index (χ3n) is 4.18. The van der Waals surface area contributed by atoms with Crippen molar-refractivity contribution in [3.8, 4) is 0 Å². The molecule has 2 aromatic heterocycles. The van der Waals surface area contributed by atoms with Crippen molar-refractivity contribution < 1.29 is 14.0 Å². The van der Waals surface area contributed by atoms with E-state index in [0.29, 0.717) is 37.7 Å². The van der Waals surface area contributed by atoms with Gasteiger partial charge in [0.1, 0.15) is 0 Å². The van der Waals surface area contributed by atoms with Gasteiger partial charge in [-0.2, -0.15) is 0 Å². The first-order valence-electron chi connectivity index (χ1n) is 8.98. The first-order chi connectivity index (χ1) is 13.2. The Bertz CT molecular complexity index is 742. The summed E-state index contributed by atoms with van der Waals surface area (Å²) in [5, 5.41) is 12.2. The first kappa shape index (κ1) is 19.7. The highest BCUT2D eigenvalue weighted by atomic mass is 32.2. The van der Waals surface area contributed by atoms with Gasteiger partial charge < -0.3 is 19.5 Å². The van der Waals surface area contributed by atoms with E-state index in [9.17, 15) is 9.59 Å². The highest BCUT2D eigenvalue weighted by molar-refractivity contribution is 8.01. The molecule has 0 bridgehead atoms. The van der Waals surface area contributed by atoms with Gasteiger partial charge in [-0.3, -0.25) is 9.59 Å². The van der Waals surface area contributed by atoms with Crippen LogP contribution in [0.3, 0.4) is 0 Å². The molecule has 1 aliphatic heterocycles. The van der Waals surface area contributed by atoms with Crippen LogP contribution in [0.1, 0.15) is 30.3 Å². The third kappa shape index (κ3) is 5.46. The Morgan fingerprint density at radius 2 is 2.04 bits per heavy atom. The van der Waals surface area contributed by atoms with Crippen LogP contribution in [0.15, 0.2) is 27.2 Å². The van der Waals surface area contributed by atoms with E-state index in [2.05, 4.69) is 22.4 Å². The highest BCUT2D eigenvalue weighted by Gasteiger charge is 2.26. The molecule has 0 atom stereocenters. The van der Waals surface area contributed by atoms with E-state index in [0.717, 1.165) is 28.9 Å². The van der Waals surface area contributed by atoms with E-state index in [-0.39, 0.29) is 11.8 Å². The van der Waals surface area contributed by atoms with Gasteiger partial charge in [-0.1, -0.05) is 36.4 Å². The summed E-state index contributed by atoms with van der Waals surface area (Å²) in [6, 6.07) is 3.35. The zero-order valence-corrected chi connectivity index (χ0v) is 16.9. The molecule has 3 rings (SSSR count). The van der Waals surface area contributed by atoms with Crippen molar-refractivity contribution in [2.24, 2.45) is 0 Å². The van der Waals surface area contributed by atoms with E-state index in [1.165, 1.54) is 29.4 Å². The van der Waals surface area contributed by atoms with Gasteiger partial charge in [0.05, 0.1) is 12.0 Å². The zero-order valence-electron chi connectivity index (χ0n) is 15.2. The standard InChI is InChI=1S/C17H23N5O3S2/c1-2-3-6-18-16-19-20-17(27-16)26-12-14(23)21-7-9-22(10-8-21)15(24)13-5-4-11-25-13/h4-5,11H,2-3,6-10,12H2,1H3,(H,18,19). The maximum absolute atomic E-state index is 12.4. The monoisotopic (exact) mass is 409 g/mol. The number of hydrogen-bond acceptors (Lipinski definition) is 8. The van der Waals surface area contributed by atoms with E-state index >= 15 is 0 Å². The molecular weight excluding hydrogens is 386 g/mol. The number of furan rings is 1. The number of aromatic nitrogens is 2. The van der Waals surface area contributed by atoms with Crippen LogP contribution in [0.25, 0.3) is 0 Å². The van der Waals surface area contributed by atoms with Gasteiger partial charge >= 0.3 is 0 Å². The van der Waals surface area contributed by atoms with Crippen molar-refractivity contribution in [1.82, 2.24) is 20.0 Å². The number of unbranched alkanes of at least 4 members (excludes halogenated alkanes) is 1. The molecule has 0 spiro atoms. The molecule has 146 valence electrons. The summed E-state index contributed by atoms with van der Waals surface area (Å²) in [4.78, 5) is 28.2. The maximum Gasteiger partial charge on any atom is 0.289 e. The minimum atomic E-state index is -0.126. The summed E-state index contributed by atoms with van der Waals surface area (Å²) in [5.74, 6) is 0.597. The minimum Gasteiger partial charge on any atom is -0.459 e. The van der Waals surface area contributed by atoms with Gasteiger partial charge in [0.2, 0.25) is 11.0 Å². The van der Waals surface area contributed by atoms with Crippen LogP contribution in [-0.4, -0.2) is 70.3 Å². The molecule has 8 nitrogen and oxygen atoms in total. The summed E-state index contributed by atoms with van der Waals surface area (Å²) < 4.78 is 5.94. The Kier molecular flexibility index (Phi) is 7.11. The Morgan fingerprint density at radius 3 is 2.74 bits per heavy atom. The van der Waals surface area contributed by atoms with Gasteiger partial charge in [0.25, 0.3) is 5.91 Å². The fourth-order valence-electron chi connectivity index (χ4n) is 2.64. The number of thioether (sulfide) groups is 1. The second kappa shape index (κ2) is 9.75. The van der Waals surface area contributed by atoms with Crippen molar-refractivity contribution in [3.63, 3.8) is 0 Å². The lowest BCUT2D eigenvalue weighted by molar-refractivity contribution is -0.129. The smallest absolute Gasteiger partial charge is 0.289 e. The number of carbonyl (C=O) groups is 2. The van der Waals surface area contributed by atoms with Gasteiger partial charge in [-0.15, -0.1) is 10.2 Å². The molecule has 2 amide bonds. The van der Waals surface area contributed by atoms with Crippen LogP contribution in [0.5, 0.6) is 0 Å². The van der Waals surface area contributed by atoms with E-state index in [1.807, 2.05) is 0 Å². The molecule has 2 aromatic rings. The SMILES string of the molecule is CCCCNc1nnc(SCC(=O)N2CCN(C(=O)c3ccco3)CC2)s1. The largest absolute Gasteiger partial charge is 0.459 e. The van der Waals surface area contributed by atoms with Crippen LogP contribution in [0.2, 0.25) is 0 Å². The number of nitrogens with zero attached hydrogens (tertiary/aromatic N) is 4. The minimum absolute atomic E-state index is 0.0563. The summed E-state index contributed by atoms with van der Waals surface area (Å²) in [5.41, 5.74) is 0. The van der Waals surface area contributed by atoms with Gasteiger partial charge in [0, 0.05) is 32.7 Å². The van der Waals surface area contributed by atoms with Crippen molar-refractivity contribution in [2.45, 2.75) is 24.1 Å². The molecule has 0 saturated carbocycles. The number of piperazine rings is 1. The van der Waals surface area contributed by atoms with Crippen LogP contribution >= 0.6 is 23.1 Å². The van der Waals surface area contributed by atoms with Crippen molar-refractivity contribution in [3.05, 3.63) is 24.2 Å². The molecule has 0 radical (unpaired) electrons. The Morgan fingerprint density at radius 1 is 1.26 bits per heavy atom. The second-order valence-corrected chi connectivity index (χ2v) is 8.29. The lowest BCUT2D eigenvalue weighted by Gasteiger charge is -2.34. The van der Waals surface area contributed by atoms with Crippen LogP contribution in [-0.2, 0) is 4.79 Å². The fraction of sp³-hybridized carbons (Fsp3) is 0.529. The molecule has 1 saturated heterocycles. The molecule has 0 aliphatic carbocycles. The highest BCUT2D eigenvalue weighted by Crippen LogP contribution is 2.25. The fourth-order valence-corrected chi connectivity index (χ4v) is 4.32. The van der Waals surface area contributed by atoms with Gasteiger partial charge in [-0.25, -0.2) is 0 Å². The zero-order chi connectivity index (χ0) is 19.1. The van der Waals surface area contributed by atoms with Crippen LogP contribution < -0.4 is 5.32 Å². The number of anilines is 1. The maximum atomic E-state index is 12.4. The van der Waals surface area contributed by atoms with Crippen molar-refractivity contribution >= 4 is 40.0 Å². The van der Waals surface area contributed by atoms with Gasteiger partial charge in [0.15, 0.2) is 10.1 Å². The van der Waals surface area contributed by atoms with Gasteiger partial charge in [-0.05, 0) is 18.6 Å². The Balaban J connectivity index is 1.40. The second-order valence-electron chi connectivity index (χ2n) is 6.09. The van der Waals surface area contributed by atoms with Crippen molar-refractivity contribution in [1.29, 1.82) is 0 Å². The molecule has 3 heterocycles. The predicted octanol–water partition coefficient (Wildman–Crippen LogP) is 2.42. The Labute approximate surface area is 166 Å². The predicted molar refractivity (Wildman–Crippen MR) is 105 cm³/mol. The first-order valence-corrected chi connectivity index (χ1v) is 10.8. The van der Waals surface area contributed by atoms with Crippen LogP contribution in [0, 0.1) is 0 Å². The summed E-state index contributed by atoms with van der Waals surface area (Å²) in [6.07, 6.45) is 3.71. The quantitative estimate of drug-likeness (QED) is 0.529. The third-order valence-corrected chi connectivity index (χ3v) is 6.18. The summed E-state index contributed by atoms with van der Waals surface area (Å²) in [7, 11) is 0. The lowest BCUT2D eigenvalue weighted by atomic mass is 10.3. The lowest BCUT2D eigenvalue weighted by Crippen LogP contribution is -2.51. The average molecular weight is 410 g/mol. The Hall–Kier alpha value is -2.07. The molecular formula is C17H23N5O3S2. The summed E-state index contributed by atoms with van der Waals surface area (Å²) >= 11 is 2.88.